The molecule has 3 fully saturated rings. The molecular weight excluding hydrogens is 487 g/mol. The number of fused-ring (bicyclic) bond motifs is 1. The average Bonchev–Trinajstić information content (AvgIpc) is 3.55. The summed E-state index contributed by atoms with van der Waals surface area (Å²) in [4.78, 5) is 4.37. The maximum atomic E-state index is 14.3. The molecule has 0 bridgehead atoms. The van der Waals surface area contributed by atoms with E-state index in [0.29, 0.717) is 16.8 Å². The van der Waals surface area contributed by atoms with Gasteiger partial charge >= 0.3 is 0 Å². The Labute approximate surface area is 214 Å². The van der Waals surface area contributed by atoms with Crippen molar-refractivity contribution in [2.45, 2.75) is 68.5 Å². The Bertz CT molecular complexity index is 1200. The van der Waals surface area contributed by atoms with Gasteiger partial charge in [-0.3, -0.25) is 0 Å². The van der Waals surface area contributed by atoms with Crippen molar-refractivity contribution >= 4 is 29.3 Å². The van der Waals surface area contributed by atoms with Crippen molar-refractivity contribution in [1.82, 2.24) is 4.98 Å². The number of aliphatic hydroxyl groups excluding tert-OH is 1. The van der Waals surface area contributed by atoms with Crippen LogP contribution in [0.2, 0.25) is 5.15 Å². The van der Waals surface area contributed by atoms with Gasteiger partial charge in [-0.05, 0) is 31.9 Å². The fourth-order valence-electron chi connectivity index (χ4n) is 5.30. The second kappa shape index (κ2) is 9.61. The van der Waals surface area contributed by atoms with Crippen LogP contribution in [0.3, 0.4) is 0 Å². The summed E-state index contributed by atoms with van der Waals surface area (Å²) in [5, 5.41) is 24.8. The lowest BCUT2D eigenvalue weighted by Gasteiger charge is -2.31. The van der Waals surface area contributed by atoms with Crippen molar-refractivity contribution in [3.8, 4) is 12.3 Å². The number of hydrogen-bond acceptors (Lipinski definition) is 8. The minimum absolute atomic E-state index is 0.155. The number of terminal acetylenes is 1. The predicted octanol–water partition coefficient (Wildman–Crippen LogP) is 4.23. The van der Waals surface area contributed by atoms with Crippen LogP contribution in [0.1, 0.15) is 49.8 Å². The SMILES string of the molecule is C#C[C@]1(CO)O[C@@H](Nc2nc(Cl)cc(N[C@@H](C)c3ccccc3F)c2C=N)[C@@H]2OC3(CCCC3)O[C@@H]21. The highest BCUT2D eigenvalue weighted by atomic mass is 35.5. The maximum Gasteiger partial charge on any atom is 0.182 e. The summed E-state index contributed by atoms with van der Waals surface area (Å²) in [5.74, 6) is 1.73. The third kappa shape index (κ3) is 4.23. The van der Waals surface area contributed by atoms with E-state index < -0.39 is 42.5 Å². The first-order valence-electron chi connectivity index (χ1n) is 11.9. The Morgan fingerprint density at radius 1 is 1.33 bits per heavy atom. The molecule has 2 saturated heterocycles. The van der Waals surface area contributed by atoms with E-state index in [1.165, 1.54) is 6.07 Å². The zero-order valence-electron chi connectivity index (χ0n) is 19.8. The maximum absolute atomic E-state index is 14.3. The molecule has 0 unspecified atom stereocenters. The normalized spacial score (nSPS) is 29.0. The molecule has 1 aliphatic carbocycles. The highest BCUT2D eigenvalue weighted by molar-refractivity contribution is 6.30. The largest absolute Gasteiger partial charge is 0.392 e. The van der Waals surface area contributed by atoms with Crippen LogP contribution in [0.5, 0.6) is 0 Å². The number of halogens is 2. The van der Waals surface area contributed by atoms with Gasteiger partial charge in [-0.2, -0.15) is 0 Å². The quantitative estimate of drug-likeness (QED) is 0.249. The van der Waals surface area contributed by atoms with Crippen molar-refractivity contribution in [3.05, 3.63) is 52.4 Å². The van der Waals surface area contributed by atoms with E-state index in [1.54, 1.807) is 24.3 Å². The summed E-state index contributed by atoms with van der Waals surface area (Å²) < 4.78 is 33.1. The lowest BCUT2D eigenvalue weighted by Crippen LogP contribution is -2.45. The predicted molar refractivity (Wildman–Crippen MR) is 134 cm³/mol. The second-order valence-electron chi connectivity index (χ2n) is 9.40. The molecule has 2 aromatic rings. The summed E-state index contributed by atoms with van der Waals surface area (Å²) >= 11 is 6.34. The van der Waals surface area contributed by atoms with Crippen molar-refractivity contribution < 1.29 is 23.7 Å². The lowest BCUT2D eigenvalue weighted by atomic mass is 9.97. The van der Waals surface area contributed by atoms with Gasteiger partial charge in [0.1, 0.15) is 29.0 Å². The molecule has 4 N–H and O–H groups in total. The molecule has 3 heterocycles. The van der Waals surface area contributed by atoms with Crippen LogP contribution in [-0.4, -0.2) is 52.7 Å². The van der Waals surface area contributed by atoms with E-state index in [4.69, 9.17) is 37.6 Å². The van der Waals surface area contributed by atoms with E-state index in [1.807, 2.05) is 6.92 Å². The fourth-order valence-corrected chi connectivity index (χ4v) is 5.49. The summed E-state index contributed by atoms with van der Waals surface area (Å²) in [6.45, 7) is 1.36. The van der Waals surface area contributed by atoms with E-state index in [9.17, 15) is 9.50 Å². The molecule has 1 aromatic carbocycles. The molecular formula is C26H28ClFN4O4. The molecule has 5 rings (SSSR count). The zero-order chi connectivity index (χ0) is 25.5. The molecule has 5 atom stereocenters. The summed E-state index contributed by atoms with van der Waals surface area (Å²) in [6, 6.07) is 7.63. The lowest BCUT2D eigenvalue weighted by molar-refractivity contribution is -0.215. The van der Waals surface area contributed by atoms with Gasteiger partial charge in [0, 0.05) is 24.6 Å². The van der Waals surface area contributed by atoms with Gasteiger partial charge in [0.15, 0.2) is 17.6 Å². The molecule has 3 aliphatic rings. The van der Waals surface area contributed by atoms with Crippen molar-refractivity contribution in [2.75, 3.05) is 17.2 Å². The Kier molecular flexibility index (Phi) is 6.66. The van der Waals surface area contributed by atoms with Crippen molar-refractivity contribution in [3.63, 3.8) is 0 Å². The number of aromatic nitrogens is 1. The van der Waals surface area contributed by atoms with Crippen molar-refractivity contribution in [2.24, 2.45) is 0 Å². The van der Waals surface area contributed by atoms with Crippen LogP contribution in [0, 0.1) is 23.6 Å². The number of anilines is 2. The zero-order valence-corrected chi connectivity index (χ0v) is 20.5. The van der Waals surface area contributed by atoms with Crippen LogP contribution in [0.4, 0.5) is 15.9 Å². The molecule has 2 aliphatic heterocycles. The van der Waals surface area contributed by atoms with Gasteiger partial charge in [0.05, 0.1) is 23.9 Å². The van der Waals surface area contributed by atoms with Crippen LogP contribution < -0.4 is 10.6 Å². The van der Waals surface area contributed by atoms with Crippen LogP contribution in [0.15, 0.2) is 30.3 Å². The minimum atomic E-state index is -1.39. The molecule has 8 nitrogen and oxygen atoms in total. The van der Waals surface area contributed by atoms with E-state index in [0.717, 1.165) is 31.9 Å². The number of hydrogen-bond donors (Lipinski definition) is 4. The molecule has 1 saturated carbocycles. The molecule has 0 amide bonds. The first-order valence-corrected chi connectivity index (χ1v) is 12.3. The van der Waals surface area contributed by atoms with Gasteiger partial charge < -0.3 is 35.4 Å². The van der Waals surface area contributed by atoms with Crippen LogP contribution in [-0.2, 0) is 14.2 Å². The summed E-state index contributed by atoms with van der Waals surface area (Å²) in [7, 11) is 0. The van der Waals surface area contributed by atoms with Gasteiger partial charge in [-0.15, -0.1) is 6.42 Å². The molecule has 190 valence electrons. The van der Waals surface area contributed by atoms with Gasteiger partial charge in [-0.1, -0.05) is 35.7 Å². The van der Waals surface area contributed by atoms with E-state index >= 15 is 0 Å². The highest BCUT2D eigenvalue weighted by Gasteiger charge is 2.65. The molecule has 10 heteroatoms. The van der Waals surface area contributed by atoms with Crippen molar-refractivity contribution in [1.29, 1.82) is 5.41 Å². The van der Waals surface area contributed by atoms with E-state index in [-0.39, 0.29) is 16.8 Å². The number of pyridine rings is 1. The third-order valence-electron chi connectivity index (χ3n) is 7.13. The Morgan fingerprint density at radius 2 is 2.08 bits per heavy atom. The molecule has 36 heavy (non-hydrogen) atoms. The Hall–Kier alpha value is -2.74. The number of nitrogens with zero attached hydrogens (tertiary/aromatic N) is 1. The monoisotopic (exact) mass is 514 g/mol. The first kappa shape index (κ1) is 24.9. The fraction of sp³-hybridized carbons (Fsp3) is 0.462. The second-order valence-corrected chi connectivity index (χ2v) is 9.79. The molecule has 1 spiro atoms. The number of aliphatic hydroxyl groups is 1. The average molecular weight is 515 g/mol. The van der Waals surface area contributed by atoms with Crippen LogP contribution in [0.25, 0.3) is 0 Å². The number of ether oxygens (including phenoxy) is 3. The Balaban J connectivity index is 1.45. The Morgan fingerprint density at radius 3 is 2.75 bits per heavy atom. The van der Waals surface area contributed by atoms with Gasteiger partial charge in [0.2, 0.25) is 0 Å². The minimum Gasteiger partial charge on any atom is -0.392 e. The van der Waals surface area contributed by atoms with Crippen LogP contribution >= 0.6 is 11.6 Å². The summed E-state index contributed by atoms with van der Waals surface area (Å²) in [6.07, 6.45) is 8.24. The third-order valence-corrected chi connectivity index (χ3v) is 7.32. The molecule has 0 radical (unpaired) electrons. The smallest absolute Gasteiger partial charge is 0.182 e. The summed E-state index contributed by atoms with van der Waals surface area (Å²) in [5.41, 5.74) is -0.0467. The highest BCUT2D eigenvalue weighted by Crippen LogP contribution is 2.50. The van der Waals surface area contributed by atoms with Gasteiger partial charge in [0.25, 0.3) is 0 Å². The number of rotatable bonds is 7. The molecule has 1 aromatic heterocycles. The van der Waals surface area contributed by atoms with Gasteiger partial charge in [-0.25, -0.2) is 9.37 Å². The van der Waals surface area contributed by atoms with E-state index in [2.05, 4.69) is 21.5 Å². The number of benzene rings is 1. The number of nitrogens with one attached hydrogen (secondary N) is 3. The standard InChI is InChI=1S/C26H28ClFN4O4/c1-3-25(14-33)22-21(34-26(35-22)10-6-7-11-26)24(36-25)32-23-17(13-29)19(12-20(27)31-23)30-15(2)16-8-4-5-9-18(16)28/h1,4-5,8-9,12-13,15,21-22,24,29,33H,6-7,10-11,14H2,2H3,(H2,30,31,32)/t15-,21+,22-,24+,25+/m0/s1. The first-order chi connectivity index (χ1) is 17.3. The topological polar surface area (TPSA) is 109 Å².